The van der Waals surface area contributed by atoms with Crippen LogP contribution in [0.3, 0.4) is 0 Å². The summed E-state index contributed by atoms with van der Waals surface area (Å²) in [7, 11) is 0. The summed E-state index contributed by atoms with van der Waals surface area (Å²) in [5.41, 5.74) is 1.94. The van der Waals surface area contributed by atoms with Crippen LogP contribution in [0.25, 0.3) is 11.5 Å². The van der Waals surface area contributed by atoms with Crippen molar-refractivity contribution in [3.63, 3.8) is 0 Å². The lowest BCUT2D eigenvalue weighted by Crippen LogP contribution is -2.19. The van der Waals surface area contributed by atoms with Gasteiger partial charge in [-0.15, -0.1) is 10.2 Å². The maximum Gasteiger partial charge on any atom is 0.277 e. The summed E-state index contributed by atoms with van der Waals surface area (Å²) in [6.07, 6.45) is 0. The number of hydrogen-bond donors (Lipinski definition) is 1. The molecule has 0 spiro atoms. The average Bonchev–Trinajstić information content (AvgIpc) is 3.48. The summed E-state index contributed by atoms with van der Waals surface area (Å²) in [5.74, 6) is 0.895. The van der Waals surface area contributed by atoms with Gasteiger partial charge in [0.25, 0.3) is 5.22 Å². The molecule has 1 aliphatic rings. The third kappa shape index (κ3) is 4.28. The first-order chi connectivity index (χ1) is 15.7. The predicted molar refractivity (Wildman–Crippen MR) is 116 cm³/mol. The highest BCUT2D eigenvalue weighted by molar-refractivity contribution is 8.00. The van der Waals surface area contributed by atoms with Gasteiger partial charge in [-0.3, -0.25) is 4.79 Å². The molecule has 0 saturated carbocycles. The van der Waals surface area contributed by atoms with Crippen LogP contribution >= 0.6 is 11.8 Å². The van der Waals surface area contributed by atoms with Gasteiger partial charge in [-0.25, -0.2) is 4.39 Å². The Kier molecular flexibility index (Phi) is 5.47. The molecule has 0 fully saturated rings. The lowest BCUT2D eigenvalue weighted by atomic mass is 10.1. The Labute approximate surface area is 186 Å². The maximum absolute atomic E-state index is 13.2. The fourth-order valence-electron chi connectivity index (χ4n) is 3.15. The third-order valence-electron chi connectivity index (χ3n) is 4.70. The first-order valence-corrected chi connectivity index (χ1v) is 10.6. The van der Waals surface area contributed by atoms with Gasteiger partial charge in [0.2, 0.25) is 18.6 Å². The highest BCUT2D eigenvalue weighted by Crippen LogP contribution is 2.39. The van der Waals surface area contributed by atoms with Gasteiger partial charge >= 0.3 is 0 Å². The summed E-state index contributed by atoms with van der Waals surface area (Å²) >= 11 is 1.13. The Bertz CT molecular complexity index is 1250. The standard InChI is InChI=1S/C23H16FN3O4S/c24-16-7-9-17(10-8-16)25-21(28)20(14-4-2-1-3-5-14)32-23-27-26-22(31-23)15-6-11-18-19(12-15)30-13-29-18/h1-12,20H,13H2,(H,25,28). The molecule has 32 heavy (non-hydrogen) atoms. The van der Waals surface area contributed by atoms with Crippen molar-refractivity contribution in [1.82, 2.24) is 10.2 Å². The molecule has 1 N–H and O–H groups in total. The van der Waals surface area contributed by atoms with Crippen LogP contribution in [0, 0.1) is 5.82 Å². The molecule has 0 bridgehead atoms. The third-order valence-corrected chi connectivity index (χ3v) is 5.79. The number of thioether (sulfide) groups is 1. The highest BCUT2D eigenvalue weighted by Gasteiger charge is 2.25. The van der Waals surface area contributed by atoms with Crippen molar-refractivity contribution in [2.24, 2.45) is 0 Å². The minimum Gasteiger partial charge on any atom is -0.454 e. The van der Waals surface area contributed by atoms with Crippen LogP contribution in [-0.4, -0.2) is 22.9 Å². The van der Waals surface area contributed by atoms with Crippen LogP contribution in [0.5, 0.6) is 11.5 Å². The number of rotatable bonds is 6. The SMILES string of the molecule is O=C(Nc1ccc(F)cc1)C(Sc1nnc(-c2ccc3c(c2)OCO3)o1)c1ccccc1. The molecule has 2 heterocycles. The molecule has 1 unspecified atom stereocenters. The van der Waals surface area contributed by atoms with Gasteiger partial charge < -0.3 is 19.2 Å². The fraction of sp³-hybridized carbons (Fsp3) is 0.0870. The minimum absolute atomic E-state index is 0.172. The number of hydrogen-bond acceptors (Lipinski definition) is 7. The van der Waals surface area contributed by atoms with E-state index < -0.39 is 5.25 Å². The van der Waals surface area contributed by atoms with E-state index in [9.17, 15) is 9.18 Å². The van der Waals surface area contributed by atoms with E-state index in [2.05, 4.69) is 15.5 Å². The number of carbonyl (C=O) groups is 1. The van der Waals surface area contributed by atoms with Crippen LogP contribution < -0.4 is 14.8 Å². The van der Waals surface area contributed by atoms with Crippen molar-refractivity contribution in [3.8, 4) is 23.0 Å². The maximum atomic E-state index is 13.2. The molecule has 9 heteroatoms. The van der Waals surface area contributed by atoms with Gasteiger partial charge in [-0.2, -0.15) is 0 Å². The second kappa shape index (κ2) is 8.72. The number of nitrogens with one attached hydrogen (secondary N) is 1. The summed E-state index contributed by atoms with van der Waals surface area (Å²) in [4.78, 5) is 13.1. The zero-order chi connectivity index (χ0) is 21.9. The number of anilines is 1. The molecule has 160 valence electrons. The van der Waals surface area contributed by atoms with E-state index in [0.717, 1.165) is 17.3 Å². The molecular weight excluding hydrogens is 433 g/mol. The molecule has 3 aromatic carbocycles. The van der Waals surface area contributed by atoms with Crippen molar-refractivity contribution in [2.75, 3.05) is 12.1 Å². The molecule has 1 amide bonds. The van der Waals surface area contributed by atoms with Crippen LogP contribution in [-0.2, 0) is 4.79 Å². The normalized spacial score (nSPS) is 13.0. The van der Waals surface area contributed by atoms with Crippen molar-refractivity contribution in [2.45, 2.75) is 10.5 Å². The van der Waals surface area contributed by atoms with Crippen molar-refractivity contribution >= 4 is 23.4 Å². The minimum atomic E-state index is -0.661. The Hall–Kier alpha value is -3.85. The van der Waals surface area contributed by atoms with Gasteiger partial charge in [0.05, 0.1) is 0 Å². The number of halogens is 1. The Morgan fingerprint density at radius 3 is 2.56 bits per heavy atom. The quantitative estimate of drug-likeness (QED) is 0.411. The van der Waals surface area contributed by atoms with E-state index >= 15 is 0 Å². The predicted octanol–water partition coefficient (Wildman–Crippen LogP) is 5.08. The molecule has 7 nitrogen and oxygen atoms in total. The second-order valence-corrected chi connectivity index (χ2v) is 7.90. The van der Waals surface area contributed by atoms with Crippen LogP contribution in [0.15, 0.2) is 82.4 Å². The highest BCUT2D eigenvalue weighted by atomic mass is 32.2. The van der Waals surface area contributed by atoms with Gasteiger partial charge in [-0.05, 0) is 59.8 Å². The topological polar surface area (TPSA) is 86.5 Å². The largest absolute Gasteiger partial charge is 0.454 e. The number of amides is 1. The van der Waals surface area contributed by atoms with E-state index in [-0.39, 0.29) is 23.7 Å². The number of ether oxygens (including phenoxy) is 2. The van der Waals surface area contributed by atoms with E-state index in [4.69, 9.17) is 13.9 Å². The zero-order valence-electron chi connectivity index (χ0n) is 16.5. The average molecular weight is 449 g/mol. The number of benzene rings is 3. The number of aromatic nitrogens is 2. The first-order valence-electron chi connectivity index (χ1n) is 9.67. The van der Waals surface area contributed by atoms with Gasteiger partial charge in [0.1, 0.15) is 11.1 Å². The number of fused-ring (bicyclic) bond motifs is 1. The summed E-state index contributed by atoms with van der Waals surface area (Å²) in [5, 5.41) is 10.6. The molecule has 1 aliphatic heterocycles. The Morgan fingerprint density at radius 1 is 0.969 bits per heavy atom. The zero-order valence-corrected chi connectivity index (χ0v) is 17.3. The van der Waals surface area contributed by atoms with E-state index in [1.165, 1.54) is 24.3 Å². The molecule has 4 aromatic rings. The number of carbonyl (C=O) groups excluding carboxylic acids is 1. The van der Waals surface area contributed by atoms with Crippen molar-refractivity contribution in [1.29, 1.82) is 0 Å². The van der Waals surface area contributed by atoms with Crippen LogP contribution in [0.1, 0.15) is 10.8 Å². The summed E-state index contributed by atoms with van der Waals surface area (Å²) in [6.45, 7) is 0.172. The van der Waals surface area contributed by atoms with Crippen molar-refractivity contribution < 1.29 is 23.1 Å². The first kappa shape index (κ1) is 20.1. The molecule has 0 saturated heterocycles. The van der Waals surface area contributed by atoms with Crippen molar-refractivity contribution in [3.05, 3.63) is 84.2 Å². The summed E-state index contributed by atoms with van der Waals surface area (Å²) < 4.78 is 29.7. The van der Waals surface area contributed by atoms with E-state index in [1.54, 1.807) is 18.2 Å². The van der Waals surface area contributed by atoms with E-state index in [1.807, 2.05) is 30.3 Å². The molecule has 0 radical (unpaired) electrons. The Balaban J connectivity index is 1.38. The molecule has 0 aliphatic carbocycles. The molecular formula is C23H16FN3O4S. The number of nitrogens with zero attached hydrogens (tertiary/aromatic N) is 2. The van der Waals surface area contributed by atoms with E-state index in [0.29, 0.717) is 28.6 Å². The fourth-order valence-corrected chi connectivity index (χ4v) is 4.02. The monoisotopic (exact) mass is 449 g/mol. The van der Waals surface area contributed by atoms with Crippen LogP contribution in [0.2, 0.25) is 0 Å². The molecule has 1 aromatic heterocycles. The van der Waals surface area contributed by atoms with Gasteiger partial charge in [-0.1, -0.05) is 30.3 Å². The lowest BCUT2D eigenvalue weighted by molar-refractivity contribution is -0.115. The Morgan fingerprint density at radius 2 is 1.75 bits per heavy atom. The second-order valence-electron chi connectivity index (χ2n) is 6.85. The lowest BCUT2D eigenvalue weighted by Gasteiger charge is -2.15. The smallest absolute Gasteiger partial charge is 0.277 e. The molecule has 1 atom stereocenters. The molecule has 5 rings (SSSR count). The summed E-state index contributed by atoms with van der Waals surface area (Å²) in [6, 6.07) is 20.2. The van der Waals surface area contributed by atoms with Crippen LogP contribution in [0.4, 0.5) is 10.1 Å². The van der Waals surface area contributed by atoms with Gasteiger partial charge in [0.15, 0.2) is 11.5 Å². The van der Waals surface area contributed by atoms with Gasteiger partial charge in [0, 0.05) is 11.3 Å².